The number of anilines is 1. The summed E-state index contributed by atoms with van der Waals surface area (Å²) in [6.07, 6.45) is 8.27. The van der Waals surface area contributed by atoms with E-state index in [0.29, 0.717) is 43.7 Å². The molecule has 0 amide bonds. The van der Waals surface area contributed by atoms with Gasteiger partial charge in [0.2, 0.25) is 5.95 Å². The Kier molecular flexibility index (Phi) is 6.91. The van der Waals surface area contributed by atoms with Crippen molar-refractivity contribution in [1.82, 2.24) is 29.5 Å². The summed E-state index contributed by atoms with van der Waals surface area (Å²) in [5, 5.41) is 11.4. The molecule has 1 aromatic carbocycles. The van der Waals surface area contributed by atoms with Crippen molar-refractivity contribution >= 4 is 11.6 Å². The van der Waals surface area contributed by atoms with E-state index in [9.17, 15) is 4.39 Å². The summed E-state index contributed by atoms with van der Waals surface area (Å²) in [6.45, 7) is 7.58. The van der Waals surface area contributed by atoms with Crippen molar-refractivity contribution < 1.29 is 9.13 Å². The van der Waals surface area contributed by atoms with Gasteiger partial charge in [0.1, 0.15) is 11.6 Å². The number of aryl methyl sites for hydroxylation is 2. The van der Waals surface area contributed by atoms with Gasteiger partial charge in [-0.3, -0.25) is 9.08 Å². The van der Waals surface area contributed by atoms with Crippen molar-refractivity contribution in [2.24, 2.45) is 7.05 Å². The largest absolute Gasteiger partial charge is 0.493 e. The average molecular weight is 492 g/mol. The Morgan fingerprint density at radius 2 is 2.03 bits per heavy atom. The molecule has 1 fully saturated rings. The van der Waals surface area contributed by atoms with Crippen LogP contribution in [0.3, 0.4) is 0 Å². The van der Waals surface area contributed by atoms with Crippen molar-refractivity contribution in [3.8, 4) is 17.0 Å². The Morgan fingerprint density at radius 1 is 1.19 bits per heavy atom. The molecule has 1 saturated carbocycles. The molecular formula is C27H34FN7O. The van der Waals surface area contributed by atoms with Gasteiger partial charge in [0.15, 0.2) is 5.65 Å². The van der Waals surface area contributed by atoms with Gasteiger partial charge in [-0.05, 0) is 38.0 Å². The second-order valence-electron chi connectivity index (χ2n) is 9.18. The van der Waals surface area contributed by atoms with Crippen LogP contribution >= 0.6 is 0 Å². The molecule has 1 aliphatic heterocycles. The Hall–Kier alpha value is -3.46. The number of nitrogens with one attached hydrogen (secondary N) is 2. The molecular weight excluding hydrogens is 457 g/mol. The van der Waals surface area contributed by atoms with Crippen LogP contribution in [0.5, 0.6) is 5.75 Å². The molecule has 0 atom stereocenters. The van der Waals surface area contributed by atoms with E-state index < -0.39 is 0 Å². The number of aromatic nitrogens is 5. The maximum Gasteiger partial charge on any atom is 0.208 e. The minimum atomic E-state index is -0.231. The number of benzene rings is 1. The average Bonchev–Trinajstić information content (AvgIpc) is 3.57. The Labute approximate surface area is 210 Å². The zero-order chi connectivity index (χ0) is 25.2. The van der Waals surface area contributed by atoms with Crippen LogP contribution in [0.25, 0.3) is 16.9 Å². The molecule has 4 heterocycles. The van der Waals surface area contributed by atoms with Crippen molar-refractivity contribution in [1.29, 1.82) is 0 Å². The predicted molar refractivity (Wildman–Crippen MR) is 139 cm³/mol. The molecule has 8 nitrogen and oxygen atoms in total. The summed E-state index contributed by atoms with van der Waals surface area (Å²) in [6, 6.07) is 5.79. The SMILES string of the molecule is CC.Cc1cc(-c2cnc(NCc3c(F)ccc4c3CCO4)n3cc(CNC4CCC4)nc23)n(C)n1. The van der Waals surface area contributed by atoms with Crippen LogP contribution in [0, 0.1) is 12.7 Å². The second kappa shape index (κ2) is 10.3. The molecule has 0 saturated heterocycles. The first kappa shape index (κ1) is 24.2. The van der Waals surface area contributed by atoms with Gasteiger partial charge in [0, 0.05) is 56.1 Å². The highest BCUT2D eigenvalue weighted by molar-refractivity contribution is 5.76. The summed E-state index contributed by atoms with van der Waals surface area (Å²) in [4.78, 5) is 9.65. The lowest BCUT2D eigenvalue weighted by Gasteiger charge is -2.26. The monoisotopic (exact) mass is 491 g/mol. The summed E-state index contributed by atoms with van der Waals surface area (Å²) in [7, 11) is 1.92. The van der Waals surface area contributed by atoms with Crippen LogP contribution in [0.2, 0.25) is 0 Å². The van der Waals surface area contributed by atoms with Crippen molar-refractivity contribution in [2.75, 3.05) is 11.9 Å². The smallest absolute Gasteiger partial charge is 0.208 e. The summed E-state index contributed by atoms with van der Waals surface area (Å²) >= 11 is 0. The number of nitrogens with zero attached hydrogens (tertiary/aromatic N) is 5. The van der Waals surface area contributed by atoms with E-state index in [1.807, 2.05) is 55.4 Å². The zero-order valence-electron chi connectivity index (χ0n) is 21.4. The first-order valence-electron chi connectivity index (χ1n) is 12.8. The fraction of sp³-hybridized carbons (Fsp3) is 0.444. The number of hydrogen-bond acceptors (Lipinski definition) is 6. The van der Waals surface area contributed by atoms with E-state index in [4.69, 9.17) is 14.7 Å². The highest BCUT2D eigenvalue weighted by Gasteiger charge is 2.21. The maximum absolute atomic E-state index is 14.7. The first-order chi connectivity index (χ1) is 17.6. The molecule has 4 aromatic rings. The number of halogens is 1. The summed E-state index contributed by atoms with van der Waals surface area (Å²) in [5.74, 6) is 1.16. The molecule has 0 unspecified atom stereocenters. The molecule has 6 rings (SSSR count). The van der Waals surface area contributed by atoms with Crippen molar-refractivity contribution in [2.45, 2.75) is 65.6 Å². The van der Waals surface area contributed by atoms with Crippen LogP contribution in [-0.4, -0.2) is 36.8 Å². The van der Waals surface area contributed by atoms with Crippen LogP contribution in [0.15, 0.2) is 30.6 Å². The fourth-order valence-electron chi connectivity index (χ4n) is 4.82. The zero-order valence-corrected chi connectivity index (χ0v) is 21.4. The molecule has 0 bridgehead atoms. The van der Waals surface area contributed by atoms with Gasteiger partial charge < -0.3 is 15.4 Å². The summed E-state index contributed by atoms with van der Waals surface area (Å²) in [5.41, 5.74) is 6.10. The van der Waals surface area contributed by atoms with E-state index in [1.54, 1.807) is 6.07 Å². The highest BCUT2D eigenvalue weighted by atomic mass is 19.1. The first-order valence-corrected chi connectivity index (χ1v) is 12.8. The van der Waals surface area contributed by atoms with E-state index in [2.05, 4.69) is 15.7 Å². The third-order valence-electron chi connectivity index (χ3n) is 6.86. The molecule has 36 heavy (non-hydrogen) atoms. The standard InChI is InChI=1S/C25H28FN7O.C2H6/c1-15-10-22(32(2)31-15)20-13-29-25(28-12-19-18-8-9-34-23(18)7-6-21(19)26)33-14-17(30-24(20)33)11-27-16-4-3-5-16;1-2/h6-7,10,13-14,16,27H,3-5,8-9,11-12H2,1-2H3,(H,28,29);1-2H3. The van der Waals surface area contributed by atoms with Gasteiger partial charge in [-0.1, -0.05) is 20.3 Å². The third kappa shape index (κ3) is 4.55. The van der Waals surface area contributed by atoms with Gasteiger partial charge in [0.05, 0.1) is 29.3 Å². The normalized spacial score (nSPS) is 14.7. The topological polar surface area (TPSA) is 81.3 Å². The van der Waals surface area contributed by atoms with E-state index in [0.717, 1.165) is 39.6 Å². The van der Waals surface area contributed by atoms with Crippen molar-refractivity contribution in [3.05, 3.63) is 58.9 Å². The molecule has 0 radical (unpaired) electrons. The molecule has 1 aliphatic carbocycles. The molecule has 3 aromatic heterocycles. The highest BCUT2D eigenvalue weighted by Crippen LogP contribution is 2.31. The van der Waals surface area contributed by atoms with Crippen LogP contribution in [-0.2, 0) is 26.6 Å². The lowest BCUT2D eigenvalue weighted by molar-refractivity contribution is 0.337. The second-order valence-corrected chi connectivity index (χ2v) is 9.18. The summed E-state index contributed by atoms with van der Waals surface area (Å²) < 4.78 is 24.1. The van der Waals surface area contributed by atoms with E-state index >= 15 is 0 Å². The molecule has 0 spiro atoms. The number of fused-ring (bicyclic) bond motifs is 2. The van der Waals surface area contributed by atoms with Gasteiger partial charge in [-0.15, -0.1) is 0 Å². The Balaban J connectivity index is 0.00000130. The molecule has 2 aliphatic rings. The lowest BCUT2D eigenvalue weighted by atomic mass is 9.93. The van der Waals surface area contributed by atoms with Gasteiger partial charge in [0.25, 0.3) is 0 Å². The number of ether oxygens (including phenoxy) is 1. The number of rotatable bonds is 7. The molecule has 2 N–H and O–H groups in total. The Bertz CT molecular complexity index is 1370. The molecule has 190 valence electrons. The van der Waals surface area contributed by atoms with E-state index in [1.165, 1.54) is 25.3 Å². The fourth-order valence-corrected chi connectivity index (χ4v) is 4.82. The third-order valence-corrected chi connectivity index (χ3v) is 6.86. The number of hydrogen-bond donors (Lipinski definition) is 2. The van der Waals surface area contributed by atoms with Gasteiger partial charge >= 0.3 is 0 Å². The Morgan fingerprint density at radius 3 is 2.75 bits per heavy atom. The minimum Gasteiger partial charge on any atom is -0.493 e. The van der Waals surface area contributed by atoms with Gasteiger partial charge in [-0.25, -0.2) is 14.4 Å². The van der Waals surface area contributed by atoms with Crippen molar-refractivity contribution in [3.63, 3.8) is 0 Å². The van der Waals surface area contributed by atoms with E-state index in [-0.39, 0.29) is 5.82 Å². The van der Waals surface area contributed by atoms with Crippen LogP contribution in [0.4, 0.5) is 10.3 Å². The van der Waals surface area contributed by atoms with Gasteiger partial charge in [-0.2, -0.15) is 5.10 Å². The maximum atomic E-state index is 14.7. The quantitative estimate of drug-likeness (QED) is 0.387. The molecule has 9 heteroatoms. The van der Waals surface area contributed by atoms with Crippen LogP contribution in [0.1, 0.15) is 55.6 Å². The lowest BCUT2D eigenvalue weighted by Crippen LogP contribution is -2.34. The van der Waals surface area contributed by atoms with Crippen LogP contribution < -0.4 is 15.4 Å². The minimum absolute atomic E-state index is 0.231. The predicted octanol–water partition coefficient (Wildman–Crippen LogP) is 4.79. The number of imidazole rings is 1.